The van der Waals surface area contributed by atoms with Crippen LogP contribution < -0.4 is 10.2 Å². The van der Waals surface area contributed by atoms with Crippen molar-refractivity contribution in [1.82, 2.24) is 0 Å². The van der Waals surface area contributed by atoms with Crippen molar-refractivity contribution < 1.29 is 19.1 Å². The fourth-order valence-electron chi connectivity index (χ4n) is 4.47. The predicted molar refractivity (Wildman–Crippen MR) is 119 cm³/mol. The number of hydrogen-bond acceptors (Lipinski definition) is 4. The van der Waals surface area contributed by atoms with Crippen LogP contribution in [0.15, 0.2) is 48.5 Å². The van der Waals surface area contributed by atoms with Gasteiger partial charge >= 0.3 is 5.97 Å². The molecule has 0 saturated heterocycles. The summed E-state index contributed by atoms with van der Waals surface area (Å²) < 4.78 is 5.30. The second kappa shape index (κ2) is 9.52. The summed E-state index contributed by atoms with van der Waals surface area (Å²) in [5.74, 6) is -1.92. The lowest BCUT2D eigenvalue weighted by Gasteiger charge is -2.32. The molecule has 162 valence electrons. The van der Waals surface area contributed by atoms with E-state index in [-0.39, 0.29) is 5.91 Å². The fraction of sp³-hybridized carbons (Fsp3) is 0.375. The van der Waals surface area contributed by atoms with E-state index < -0.39 is 30.3 Å². The molecule has 7 heteroatoms. The maximum atomic E-state index is 13.3. The Morgan fingerprint density at radius 2 is 1.71 bits per heavy atom. The van der Waals surface area contributed by atoms with Crippen LogP contribution in [0.1, 0.15) is 31.2 Å². The smallest absolute Gasteiger partial charge is 0.310 e. The van der Waals surface area contributed by atoms with E-state index in [0.29, 0.717) is 30.1 Å². The van der Waals surface area contributed by atoms with E-state index >= 15 is 0 Å². The molecule has 6 nitrogen and oxygen atoms in total. The van der Waals surface area contributed by atoms with E-state index in [4.69, 9.17) is 16.3 Å². The van der Waals surface area contributed by atoms with Crippen LogP contribution in [0, 0.1) is 11.8 Å². The number of carbonyl (C=O) groups excluding carboxylic acids is 3. The number of ether oxygens (including phenoxy) is 1. The van der Waals surface area contributed by atoms with Gasteiger partial charge in [-0.1, -0.05) is 54.8 Å². The van der Waals surface area contributed by atoms with Crippen LogP contribution in [0.3, 0.4) is 0 Å². The average Bonchev–Trinajstić information content (AvgIpc) is 3.23. The second-order valence-corrected chi connectivity index (χ2v) is 8.41. The Kier molecular flexibility index (Phi) is 6.56. The molecule has 31 heavy (non-hydrogen) atoms. The van der Waals surface area contributed by atoms with Gasteiger partial charge in [0.05, 0.1) is 22.5 Å². The highest BCUT2D eigenvalue weighted by atomic mass is 35.5. The zero-order valence-corrected chi connectivity index (χ0v) is 17.9. The largest absolute Gasteiger partial charge is 0.455 e. The molecule has 1 fully saturated rings. The molecule has 2 atom stereocenters. The Balaban J connectivity index is 1.38. The normalized spacial score (nSPS) is 20.1. The Labute approximate surface area is 186 Å². The second-order valence-electron chi connectivity index (χ2n) is 8.00. The van der Waals surface area contributed by atoms with E-state index in [1.165, 1.54) is 0 Å². The summed E-state index contributed by atoms with van der Waals surface area (Å²) in [6.45, 7) is 0.227. The molecule has 1 aliphatic heterocycles. The summed E-state index contributed by atoms with van der Waals surface area (Å²) >= 11 is 6.04. The third-order valence-corrected chi connectivity index (χ3v) is 6.36. The van der Waals surface area contributed by atoms with Crippen LogP contribution in [0.2, 0.25) is 5.02 Å². The first-order valence-electron chi connectivity index (χ1n) is 10.6. The van der Waals surface area contributed by atoms with Gasteiger partial charge in [0.15, 0.2) is 6.61 Å². The van der Waals surface area contributed by atoms with Crippen molar-refractivity contribution in [1.29, 1.82) is 0 Å². The number of carbonyl (C=O) groups is 3. The third-order valence-electron chi connectivity index (χ3n) is 6.03. The number of fused-ring (bicyclic) bond motifs is 1. The minimum atomic E-state index is -0.526. The number of hydrogen-bond donors (Lipinski definition) is 1. The maximum absolute atomic E-state index is 13.3. The molecule has 4 rings (SSSR count). The maximum Gasteiger partial charge on any atom is 0.310 e. The van der Waals surface area contributed by atoms with Crippen LogP contribution in [0.5, 0.6) is 0 Å². The lowest BCUT2D eigenvalue weighted by Crippen LogP contribution is -2.42. The minimum Gasteiger partial charge on any atom is -0.455 e. The Morgan fingerprint density at radius 1 is 1.00 bits per heavy atom. The first-order chi connectivity index (χ1) is 15.0. The quantitative estimate of drug-likeness (QED) is 0.706. The number of halogens is 1. The molecule has 0 aromatic heterocycles. The van der Waals surface area contributed by atoms with Gasteiger partial charge in [0, 0.05) is 12.2 Å². The van der Waals surface area contributed by atoms with E-state index in [1.807, 2.05) is 24.3 Å². The van der Waals surface area contributed by atoms with Gasteiger partial charge in [-0.2, -0.15) is 0 Å². The first kappa shape index (κ1) is 21.4. The zero-order chi connectivity index (χ0) is 21.8. The minimum absolute atomic E-state index is 0.0212. The highest BCUT2D eigenvalue weighted by Gasteiger charge is 2.40. The summed E-state index contributed by atoms with van der Waals surface area (Å²) in [7, 11) is 0. The van der Waals surface area contributed by atoms with Gasteiger partial charge in [0.1, 0.15) is 0 Å². The van der Waals surface area contributed by atoms with Gasteiger partial charge in [-0.25, -0.2) is 0 Å². The molecule has 1 aliphatic carbocycles. The van der Waals surface area contributed by atoms with Crippen LogP contribution in [0.4, 0.5) is 11.4 Å². The van der Waals surface area contributed by atoms with Crippen molar-refractivity contribution >= 4 is 40.8 Å². The first-order valence-corrected chi connectivity index (χ1v) is 11.0. The number of anilines is 2. The number of nitrogens with one attached hydrogen (secondary N) is 1. The van der Waals surface area contributed by atoms with Crippen LogP contribution >= 0.6 is 11.6 Å². The molecule has 2 amide bonds. The number of nitrogens with zero attached hydrogens (tertiary/aromatic N) is 1. The molecule has 2 aromatic rings. The van der Waals surface area contributed by atoms with Crippen molar-refractivity contribution in [2.75, 3.05) is 23.4 Å². The number of benzene rings is 2. The highest BCUT2D eigenvalue weighted by molar-refractivity contribution is 6.33. The molecule has 1 N–H and O–H groups in total. The van der Waals surface area contributed by atoms with Crippen LogP contribution in [0.25, 0.3) is 0 Å². The monoisotopic (exact) mass is 440 g/mol. The van der Waals surface area contributed by atoms with Gasteiger partial charge in [-0.3, -0.25) is 14.4 Å². The number of esters is 1. The molecule has 0 radical (unpaired) electrons. The van der Waals surface area contributed by atoms with Gasteiger partial charge in [-0.15, -0.1) is 0 Å². The Morgan fingerprint density at radius 3 is 2.52 bits per heavy atom. The van der Waals surface area contributed by atoms with E-state index in [2.05, 4.69) is 5.32 Å². The topological polar surface area (TPSA) is 75.7 Å². The van der Waals surface area contributed by atoms with Crippen molar-refractivity contribution in [2.45, 2.75) is 32.1 Å². The fourth-order valence-corrected chi connectivity index (χ4v) is 4.65. The number of amides is 2. The van der Waals surface area contributed by atoms with Crippen LogP contribution in [-0.2, 0) is 25.5 Å². The molecule has 0 bridgehead atoms. The molecule has 0 spiro atoms. The molecular formula is C24H25ClN2O4. The van der Waals surface area contributed by atoms with Gasteiger partial charge < -0.3 is 15.0 Å². The molecule has 2 aliphatic rings. The van der Waals surface area contributed by atoms with Crippen LogP contribution in [-0.4, -0.2) is 30.9 Å². The standard InChI is InChI=1S/C24H25ClN2O4/c25-19-10-4-5-11-20(19)26-22(28)15-31-24(30)18-9-3-2-8-17(18)23(29)27-14-13-16-7-1-6-12-21(16)27/h1,4-7,10-12,17-18H,2-3,8-9,13-15H2,(H,26,28). The van der Waals surface area contributed by atoms with Crippen molar-refractivity contribution in [3.05, 3.63) is 59.1 Å². The Hall–Kier alpha value is -2.86. The summed E-state index contributed by atoms with van der Waals surface area (Å²) in [6.07, 6.45) is 3.85. The third kappa shape index (κ3) is 4.74. The van der Waals surface area contributed by atoms with Gasteiger partial charge in [0.2, 0.25) is 5.91 Å². The van der Waals surface area contributed by atoms with E-state index in [1.54, 1.807) is 29.2 Å². The van der Waals surface area contributed by atoms with E-state index in [9.17, 15) is 14.4 Å². The average molecular weight is 441 g/mol. The number of rotatable bonds is 5. The molecule has 1 saturated carbocycles. The SMILES string of the molecule is O=C(COC(=O)C1CCCCC1C(=O)N1CCc2ccccc21)Nc1ccccc1Cl. The summed E-state index contributed by atoms with van der Waals surface area (Å²) in [5, 5.41) is 3.04. The van der Waals surface area contributed by atoms with Crippen molar-refractivity contribution in [3.63, 3.8) is 0 Å². The van der Waals surface area contributed by atoms with Crippen molar-refractivity contribution in [3.8, 4) is 0 Å². The Bertz CT molecular complexity index is 993. The number of para-hydroxylation sites is 2. The van der Waals surface area contributed by atoms with Gasteiger partial charge in [-0.05, 0) is 43.0 Å². The zero-order valence-electron chi connectivity index (χ0n) is 17.2. The summed E-state index contributed by atoms with van der Waals surface area (Å²) in [4.78, 5) is 40.1. The molecular weight excluding hydrogens is 416 g/mol. The highest BCUT2D eigenvalue weighted by Crippen LogP contribution is 2.36. The summed E-state index contributed by atoms with van der Waals surface area (Å²) in [6, 6.07) is 14.7. The summed E-state index contributed by atoms with van der Waals surface area (Å²) in [5.41, 5.74) is 2.55. The van der Waals surface area contributed by atoms with E-state index in [0.717, 1.165) is 30.5 Å². The van der Waals surface area contributed by atoms with Crippen molar-refractivity contribution in [2.24, 2.45) is 11.8 Å². The molecule has 1 heterocycles. The molecule has 2 unspecified atom stereocenters. The predicted octanol–water partition coefficient (Wildman–Crippen LogP) is 4.22. The lowest BCUT2D eigenvalue weighted by atomic mass is 9.78. The lowest BCUT2D eigenvalue weighted by molar-refractivity contribution is -0.156. The van der Waals surface area contributed by atoms with Gasteiger partial charge in [0.25, 0.3) is 5.91 Å². The molecule has 2 aromatic carbocycles.